The average Bonchev–Trinajstić information content (AvgIpc) is 3.38. The summed E-state index contributed by atoms with van der Waals surface area (Å²) in [4.78, 5) is 68.4. The number of H-pyrrole nitrogens is 1. The predicted molar refractivity (Wildman–Crippen MR) is 138 cm³/mol. The minimum Gasteiger partial charge on any atom is -0.480 e. The van der Waals surface area contributed by atoms with Crippen LogP contribution in [0.4, 0.5) is 0 Å². The monoisotopic (exact) mass is 539 g/mol. The highest BCUT2D eigenvalue weighted by atomic mass is 16.4. The van der Waals surface area contributed by atoms with Crippen LogP contribution in [-0.2, 0) is 30.4 Å². The van der Waals surface area contributed by atoms with E-state index < -0.39 is 53.8 Å². The van der Waals surface area contributed by atoms with E-state index in [9.17, 15) is 29.1 Å². The molecule has 4 amide bonds. The molecule has 15 nitrogen and oxygen atoms in total. The van der Waals surface area contributed by atoms with Crippen LogP contribution in [0.5, 0.6) is 0 Å². The third-order valence-corrected chi connectivity index (χ3v) is 5.79. The van der Waals surface area contributed by atoms with Crippen LogP contribution in [0.25, 0.3) is 0 Å². The minimum atomic E-state index is -1.33. The van der Waals surface area contributed by atoms with Gasteiger partial charge in [0.05, 0.1) is 12.4 Å². The van der Waals surface area contributed by atoms with Crippen LogP contribution in [0.1, 0.15) is 57.1 Å². The lowest BCUT2D eigenvalue weighted by Crippen LogP contribution is -2.57. The predicted octanol–water partition coefficient (Wildman–Crippen LogP) is -2.66. The van der Waals surface area contributed by atoms with Crippen molar-refractivity contribution in [3.05, 3.63) is 18.2 Å². The lowest BCUT2D eigenvalue weighted by molar-refractivity contribution is -0.142. The molecule has 4 atom stereocenters. The number of carboxylic acids is 1. The van der Waals surface area contributed by atoms with Crippen molar-refractivity contribution < 1.29 is 29.1 Å². The number of nitrogens with one attached hydrogen (secondary N) is 4. The second-order valence-electron chi connectivity index (χ2n) is 8.98. The molecule has 1 aromatic heterocycles. The molecule has 0 radical (unpaired) electrons. The summed E-state index contributed by atoms with van der Waals surface area (Å²) in [5.41, 5.74) is 22.7. The van der Waals surface area contributed by atoms with Crippen molar-refractivity contribution in [3.63, 3.8) is 0 Å². The average molecular weight is 540 g/mol. The summed E-state index contributed by atoms with van der Waals surface area (Å²) in [5, 5.41) is 17.1. The van der Waals surface area contributed by atoms with Gasteiger partial charge in [0.25, 0.3) is 0 Å². The number of unbranched alkanes of at least 4 members (excludes halogenated alkanes) is 2. The summed E-state index contributed by atoms with van der Waals surface area (Å²) in [7, 11) is 0. The molecular formula is C23H41N9O6. The lowest BCUT2D eigenvalue weighted by atomic mass is 10.0. The van der Waals surface area contributed by atoms with Crippen molar-refractivity contribution in [1.29, 1.82) is 0 Å². The van der Waals surface area contributed by atoms with Crippen molar-refractivity contribution in [2.24, 2.45) is 22.9 Å². The summed E-state index contributed by atoms with van der Waals surface area (Å²) in [6.07, 6.45) is 5.36. The number of nitrogens with zero attached hydrogens (tertiary/aromatic N) is 1. The van der Waals surface area contributed by atoms with E-state index in [1.54, 1.807) is 0 Å². The molecule has 0 saturated heterocycles. The maximum absolute atomic E-state index is 13.2. The van der Waals surface area contributed by atoms with Crippen molar-refractivity contribution in [2.45, 2.75) is 82.0 Å². The van der Waals surface area contributed by atoms with Gasteiger partial charge in [-0.15, -0.1) is 0 Å². The van der Waals surface area contributed by atoms with E-state index in [1.165, 1.54) is 12.5 Å². The molecule has 4 unspecified atom stereocenters. The Bertz CT molecular complexity index is 896. The third-order valence-electron chi connectivity index (χ3n) is 5.79. The van der Waals surface area contributed by atoms with Crippen LogP contribution in [-0.4, -0.2) is 81.9 Å². The first-order valence-corrected chi connectivity index (χ1v) is 12.6. The smallest absolute Gasteiger partial charge is 0.326 e. The molecule has 0 aliphatic heterocycles. The molecule has 0 fully saturated rings. The lowest BCUT2D eigenvalue weighted by Gasteiger charge is -2.25. The number of carbonyl (C=O) groups is 5. The van der Waals surface area contributed by atoms with Gasteiger partial charge in [-0.1, -0.05) is 6.42 Å². The molecule has 0 aliphatic carbocycles. The molecule has 15 heteroatoms. The Labute approximate surface area is 221 Å². The summed E-state index contributed by atoms with van der Waals surface area (Å²) in [6.45, 7) is 0.856. The van der Waals surface area contributed by atoms with Crippen molar-refractivity contribution in [1.82, 2.24) is 25.9 Å². The van der Waals surface area contributed by atoms with Crippen LogP contribution in [0.3, 0.4) is 0 Å². The van der Waals surface area contributed by atoms with Gasteiger partial charge in [0.2, 0.25) is 23.6 Å². The molecule has 1 heterocycles. The molecule has 1 aromatic rings. The summed E-state index contributed by atoms with van der Waals surface area (Å²) >= 11 is 0. The van der Waals surface area contributed by atoms with Crippen LogP contribution >= 0.6 is 0 Å². The zero-order chi connectivity index (χ0) is 28.5. The quantitative estimate of drug-likeness (QED) is 0.0775. The van der Waals surface area contributed by atoms with Gasteiger partial charge in [-0.3, -0.25) is 19.2 Å². The number of imidazole rings is 1. The zero-order valence-corrected chi connectivity index (χ0v) is 21.5. The highest BCUT2D eigenvalue weighted by Crippen LogP contribution is 2.07. The van der Waals surface area contributed by atoms with E-state index in [0.29, 0.717) is 50.9 Å². The Hall–Kier alpha value is -3.56. The molecule has 0 spiro atoms. The summed E-state index contributed by atoms with van der Waals surface area (Å²) in [5.74, 6) is -4.05. The van der Waals surface area contributed by atoms with Gasteiger partial charge >= 0.3 is 5.97 Å². The van der Waals surface area contributed by atoms with E-state index in [-0.39, 0.29) is 25.7 Å². The largest absolute Gasteiger partial charge is 0.480 e. The zero-order valence-electron chi connectivity index (χ0n) is 21.5. The fourth-order valence-corrected chi connectivity index (χ4v) is 3.60. The van der Waals surface area contributed by atoms with Crippen LogP contribution in [0.2, 0.25) is 0 Å². The van der Waals surface area contributed by atoms with Crippen molar-refractivity contribution >= 4 is 29.6 Å². The van der Waals surface area contributed by atoms with Gasteiger partial charge in [0.15, 0.2) is 0 Å². The Morgan fingerprint density at radius 3 is 1.92 bits per heavy atom. The minimum absolute atomic E-state index is 0.0859. The van der Waals surface area contributed by atoms with Crippen LogP contribution in [0.15, 0.2) is 12.5 Å². The fourth-order valence-electron chi connectivity index (χ4n) is 3.60. The van der Waals surface area contributed by atoms with E-state index in [2.05, 4.69) is 25.9 Å². The molecule has 0 bridgehead atoms. The second-order valence-corrected chi connectivity index (χ2v) is 8.98. The maximum atomic E-state index is 13.2. The number of primary amides is 1. The van der Waals surface area contributed by atoms with E-state index in [1.807, 2.05) is 0 Å². The van der Waals surface area contributed by atoms with Crippen LogP contribution in [0, 0.1) is 0 Å². The number of amides is 4. The Balaban J connectivity index is 2.97. The fraction of sp³-hybridized carbons (Fsp3) is 0.652. The molecule has 0 saturated carbocycles. The van der Waals surface area contributed by atoms with Gasteiger partial charge in [0, 0.05) is 24.7 Å². The Kier molecular flexibility index (Phi) is 15.2. The van der Waals surface area contributed by atoms with Crippen molar-refractivity contribution in [3.8, 4) is 0 Å². The standard InChI is InChI=1S/C23H41N9O6/c24-9-3-1-5-15(26)20(34)30-16(6-2-4-10-25)21(35)31-17(7-8-19(27)33)22(36)32-18(23(37)38)11-14-12-28-13-29-14/h12-13,15-18H,1-11,24-26H2,(H2,27,33)(H,28,29)(H,30,34)(H,31,35)(H,32,36)(H,37,38). The molecule has 0 aliphatic rings. The Morgan fingerprint density at radius 2 is 1.39 bits per heavy atom. The normalized spacial score (nSPS) is 14.1. The van der Waals surface area contributed by atoms with Gasteiger partial charge in [-0.25, -0.2) is 9.78 Å². The number of aromatic amines is 1. The first-order valence-electron chi connectivity index (χ1n) is 12.6. The number of carboxylic acid groups (broad SMARTS) is 1. The molecule has 0 aromatic carbocycles. The van der Waals surface area contributed by atoms with E-state index in [4.69, 9.17) is 22.9 Å². The number of rotatable bonds is 20. The summed E-state index contributed by atoms with van der Waals surface area (Å²) in [6, 6.07) is -4.49. The van der Waals surface area contributed by atoms with Crippen LogP contribution < -0.4 is 38.9 Å². The molecular weight excluding hydrogens is 498 g/mol. The number of aliphatic carboxylic acids is 1. The number of hydrogen-bond acceptors (Lipinski definition) is 9. The van der Waals surface area contributed by atoms with Gasteiger partial charge < -0.3 is 49.0 Å². The first-order chi connectivity index (χ1) is 18.1. The number of carbonyl (C=O) groups excluding carboxylic acids is 4. The molecule has 38 heavy (non-hydrogen) atoms. The van der Waals surface area contributed by atoms with E-state index >= 15 is 0 Å². The Morgan fingerprint density at radius 1 is 0.842 bits per heavy atom. The highest BCUT2D eigenvalue weighted by Gasteiger charge is 2.30. The number of nitrogens with two attached hydrogens (primary N) is 4. The van der Waals surface area contributed by atoms with E-state index in [0.717, 1.165) is 0 Å². The maximum Gasteiger partial charge on any atom is 0.326 e. The SMILES string of the molecule is NCCCCC(N)C(=O)NC(CCCCN)C(=O)NC(CCC(N)=O)C(=O)NC(Cc1cnc[nH]1)C(=O)O. The van der Waals surface area contributed by atoms with Gasteiger partial charge in [-0.05, 0) is 51.6 Å². The van der Waals surface area contributed by atoms with Crippen molar-refractivity contribution in [2.75, 3.05) is 13.1 Å². The van der Waals surface area contributed by atoms with Gasteiger partial charge in [-0.2, -0.15) is 0 Å². The highest BCUT2D eigenvalue weighted by molar-refractivity contribution is 5.94. The third kappa shape index (κ3) is 12.6. The first kappa shape index (κ1) is 32.5. The topological polar surface area (TPSA) is 274 Å². The second kappa shape index (κ2) is 17.8. The summed E-state index contributed by atoms with van der Waals surface area (Å²) < 4.78 is 0. The molecule has 13 N–H and O–H groups in total. The number of aromatic nitrogens is 2. The number of hydrogen-bond donors (Lipinski definition) is 9. The molecule has 214 valence electrons. The van der Waals surface area contributed by atoms with Gasteiger partial charge in [0.1, 0.15) is 18.1 Å². The molecule has 1 rings (SSSR count).